The van der Waals surface area contributed by atoms with E-state index in [4.69, 9.17) is 24.8 Å². The molecule has 0 aliphatic heterocycles. The van der Waals surface area contributed by atoms with Crippen molar-refractivity contribution in [2.24, 2.45) is 5.73 Å². The summed E-state index contributed by atoms with van der Waals surface area (Å²) in [5.74, 6) is -1.81. The molecule has 0 aromatic rings. The lowest BCUT2D eigenvalue weighted by molar-refractivity contribution is -0.154. The molecule has 4 N–H and O–H groups in total. The molecule has 0 aliphatic rings. The molecular weight excluding hydrogens is 693 g/mol. The van der Waals surface area contributed by atoms with Crippen LogP contribution in [0.4, 0.5) is 0 Å². The number of rotatable bonds is 36. The standard InChI is InChI=1S/C42H70NO9P/c1-3-5-7-9-11-12-13-14-15-16-17-18-19-20-21-22-23-24-25-26-27-29-31-33-35-49-36-39(37-50-53(47,48)51-38-40(43)42(45)46)52-41(44)34-32-30-28-10-8-6-4-2/h5,7,11-12,14-15,17-18,20-21,23-24,26-27,39-40H,3-4,6,8-10,13,16,19,22,25,28-38,43H2,1-2H3,(H,45,46)(H,47,48)/b7-5-,12-11-,15-14-,18-17-,21-20-,24-23-,27-26-. The van der Waals surface area contributed by atoms with Crippen LogP contribution >= 0.6 is 7.82 Å². The van der Waals surface area contributed by atoms with Crippen LogP contribution in [0.5, 0.6) is 0 Å². The van der Waals surface area contributed by atoms with E-state index in [0.717, 1.165) is 83.5 Å². The van der Waals surface area contributed by atoms with E-state index in [2.05, 4.69) is 103 Å². The number of phosphoric acid groups is 1. The highest BCUT2D eigenvalue weighted by Crippen LogP contribution is 2.43. The number of nitrogens with two attached hydrogens (primary N) is 1. The monoisotopic (exact) mass is 763 g/mol. The SMILES string of the molecule is CC/C=C\C/C=C\C/C=C\C/C=C\C/C=C\C/C=C\C/C=C\CCCCOCC(COP(=O)(O)OCC(N)C(=O)O)OC(=O)CCCCCCCCC. The molecule has 302 valence electrons. The molecule has 10 nitrogen and oxygen atoms in total. The second kappa shape index (κ2) is 37.5. The molecule has 0 aliphatic carbocycles. The Labute approximate surface area is 320 Å². The van der Waals surface area contributed by atoms with Crippen molar-refractivity contribution in [3.8, 4) is 0 Å². The topological polar surface area (TPSA) is 155 Å². The van der Waals surface area contributed by atoms with E-state index in [1.165, 1.54) is 19.3 Å². The number of unbranched alkanes of at least 4 members (excludes halogenated alkanes) is 8. The van der Waals surface area contributed by atoms with Gasteiger partial charge >= 0.3 is 19.8 Å². The number of carboxylic acids is 1. The van der Waals surface area contributed by atoms with Crippen molar-refractivity contribution in [2.45, 2.75) is 142 Å². The molecule has 0 heterocycles. The maximum absolute atomic E-state index is 12.5. The number of phosphoric ester groups is 1. The zero-order valence-electron chi connectivity index (χ0n) is 32.6. The van der Waals surface area contributed by atoms with Gasteiger partial charge in [0.05, 0.1) is 19.8 Å². The molecule has 0 radical (unpaired) electrons. The number of carbonyl (C=O) groups is 2. The molecule has 0 aromatic carbocycles. The van der Waals surface area contributed by atoms with E-state index in [0.29, 0.717) is 13.0 Å². The number of hydrogen-bond acceptors (Lipinski definition) is 8. The van der Waals surface area contributed by atoms with E-state index in [1.54, 1.807) is 0 Å². The lowest BCUT2D eigenvalue weighted by atomic mass is 10.1. The van der Waals surface area contributed by atoms with Gasteiger partial charge in [0, 0.05) is 13.0 Å². The molecule has 3 atom stereocenters. The lowest BCUT2D eigenvalue weighted by Gasteiger charge is -2.20. The van der Waals surface area contributed by atoms with Crippen LogP contribution in [0.3, 0.4) is 0 Å². The van der Waals surface area contributed by atoms with Crippen LogP contribution in [0.25, 0.3) is 0 Å². The Bertz CT molecular complexity index is 1160. The Morgan fingerprint density at radius 1 is 0.623 bits per heavy atom. The molecule has 0 bridgehead atoms. The molecule has 0 saturated heterocycles. The summed E-state index contributed by atoms with van der Waals surface area (Å²) in [4.78, 5) is 33.2. The Balaban J connectivity index is 4.26. The number of esters is 1. The molecular formula is C42H70NO9P. The molecule has 0 amide bonds. The Morgan fingerprint density at radius 3 is 1.60 bits per heavy atom. The van der Waals surface area contributed by atoms with Crippen LogP contribution in [-0.4, -0.2) is 60.5 Å². The third-order valence-electron chi connectivity index (χ3n) is 7.69. The van der Waals surface area contributed by atoms with E-state index in [9.17, 15) is 19.0 Å². The number of allylic oxidation sites excluding steroid dienone is 14. The zero-order chi connectivity index (χ0) is 39.1. The normalized spacial score (nSPS) is 14.9. The van der Waals surface area contributed by atoms with Gasteiger partial charge in [0.15, 0.2) is 0 Å². The minimum Gasteiger partial charge on any atom is -0.480 e. The minimum absolute atomic E-state index is 0.0179. The second-order valence-electron chi connectivity index (χ2n) is 12.7. The summed E-state index contributed by atoms with van der Waals surface area (Å²) in [6, 6.07) is -1.48. The summed E-state index contributed by atoms with van der Waals surface area (Å²) in [6.07, 6.45) is 46.7. The number of aliphatic carboxylic acids is 1. The van der Waals surface area contributed by atoms with Crippen molar-refractivity contribution < 1.29 is 42.7 Å². The Kier molecular flexibility index (Phi) is 35.5. The third kappa shape index (κ3) is 37.3. The van der Waals surface area contributed by atoms with Gasteiger partial charge in [0.2, 0.25) is 0 Å². The van der Waals surface area contributed by atoms with Gasteiger partial charge in [-0.3, -0.25) is 18.6 Å². The van der Waals surface area contributed by atoms with Crippen LogP contribution in [0, 0.1) is 0 Å². The summed E-state index contributed by atoms with van der Waals surface area (Å²) in [5.41, 5.74) is 5.32. The van der Waals surface area contributed by atoms with Gasteiger partial charge in [0.1, 0.15) is 12.1 Å². The minimum atomic E-state index is -4.62. The summed E-state index contributed by atoms with van der Waals surface area (Å²) in [7, 11) is -4.62. The van der Waals surface area contributed by atoms with E-state index >= 15 is 0 Å². The van der Waals surface area contributed by atoms with Crippen molar-refractivity contribution in [2.75, 3.05) is 26.4 Å². The Morgan fingerprint density at radius 2 is 1.09 bits per heavy atom. The fourth-order valence-corrected chi connectivity index (χ4v) is 5.42. The van der Waals surface area contributed by atoms with E-state index < -0.39 is 45.1 Å². The van der Waals surface area contributed by atoms with E-state index in [-0.39, 0.29) is 13.0 Å². The van der Waals surface area contributed by atoms with Crippen molar-refractivity contribution >= 4 is 19.8 Å². The molecule has 0 fully saturated rings. The summed E-state index contributed by atoms with van der Waals surface area (Å²) < 4.78 is 33.0. The van der Waals surface area contributed by atoms with Gasteiger partial charge in [0.25, 0.3) is 0 Å². The van der Waals surface area contributed by atoms with Crippen molar-refractivity contribution in [3.05, 3.63) is 85.1 Å². The first-order chi connectivity index (χ1) is 25.7. The van der Waals surface area contributed by atoms with Crippen LogP contribution in [-0.2, 0) is 32.7 Å². The van der Waals surface area contributed by atoms with Gasteiger partial charge in [-0.25, -0.2) is 4.57 Å². The number of carboxylic acid groups (broad SMARTS) is 1. The average molecular weight is 764 g/mol. The largest absolute Gasteiger partial charge is 0.480 e. The average Bonchev–Trinajstić information content (AvgIpc) is 3.13. The van der Waals surface area contributed by atoms with Crippen LogP contribution in [0.2, 0.25) is 0 Å². The lowest BCUT2D eigenvalue weighted by Crippen LogP contribution is -2.34. The molecule has 0 saturated carbocycles. The third-order valence-corrected chi connectivity index (χ3v) is 8.64. The van der Waals surface area contributed by atoms with Gasteiger partial charge in [-0.05, 0) is 70.6 Å². The van der Waals surface area contributed by atoms with Gasteiger partial charge in [-0.15, -0.1) is 0 Å². The molecule has 0 aromatic heterocycles. The predicted octanol–water partition coefficient (Wildman–Crippen LogP) is 10.4. The number of hydrogen-bond donors (Lipinski definition) is 3. The Hall–Kier alpha value is -2.85. The highest BCUT2D eigenvalue weighted by molar-refractivity contribution is 7.47. The summed E-state index contributed by atoms with van der Waals surface area (Å²) in [5, 5.41) is 8.85. The van der Waals surface area contributed by atoms with Crippen molar-refractivity contribution in [1.29, 1.82) is 0 Å². The number of carbonyl (C=O) groups excluding carboxylic acids is 1. The molecule has 11 heteroatoms. The molecule has 53 heavy (non-hydrogen) atoms. The smallest absolute Gasteiger partial charge is 0.472 e. The predicted molar refractivity (Wildman–Crippen MR) is 216 cm³/mol. The molecule has 3 unspecified atom stereocenters. The maximum atomic E-state index is 12.5. The fourth-order valence-electron chi connectivity index (χ4n) is 4.64. The van der Waals surface area contributed by atoms with E-state index in [1.807, 2.05) is 0 Å². The van der Waals surface area contributed by atoms with Crippen molar-refractivity contribution in [3.63, 3.8) is 0 Å². The van der Waals surface area contributed by atoms with Gasteiger partial charge in [-0.2, -0.15) is 0 Å². The number of ether oxygens (including phenoxy) is 2. The quantitative estimate of drug-likeness (QED) is 0.0243. The molecule has 0 spiro atoms. The zero-order valence-corrected chi connectivity index (χ0v) is 33.5. The van der Waals surface area contributed by atoms with Gasteiger partial charge in [-0.1, -0.05) is 137 Å². The summed E-state index contributed by atoms with van der Waals surface area (Å²) >= 11 is 0. The highest BCUT2D eigenvalue weighted by atomic mass is 31.2. The van der Waals surface area contributed by atoms with Crippen LogP contribution in [0.1, 0.15) is 129 Å². The second-order valence-corrected chi connectivity index (χ2v) is 14.1. The highest BCUT2D eigenvalue weighted by Gasteiger charge is 2.27. The maximum Gasteiger partial charge on any atom is 0.472 e. The van der Waals surface area contributed by atoms with Crippen molar-refractivity contribution in [1.82, 2.24) is 0 Å². The first-order valence-electron chi connectivity index (χ1n) is 19.6. The fraction of sp³-hybridized carbons (Fsp3) is 0.619. The van der Waals surface area contributed by atoms with Gasteiger partial charge < -0.3 is 25.2 Å². The molecule has 0 rings (SSSR count). The first kappa shape index (κ1) is 50.1. The van der Waals surface area contributed by atoms with Crippen LogP contribution < -0.4 is 5.73 Å². The summed E-state index contributed by atoms with van der Waals surface area (Å²) in [6.45, 7) is 3.56. The first-order valence-corrected chi connectivity index (χ1v) is 21.1. The van der Waals surface area contributed by atoms with Crippen LogP contribution in [0.15, 0.2) is 85.1 Å².